The van der Waals surface area contributed by atoms with E-state index < -0.39 is 0 Å². The molecule has 0 unspecified atom stereocenters. The van der Waals surface area contributed by atoms with Crippen molar-refractivity contribution in [3.8, 4) is 0 Å². The molecule has 152 valence electrons. The van der Waals surface area contributed by atoms with Crippen LogP contribution in [-0.2, 0) is 16.0 Å². The Morgan fingerprint density at radius 3 is 1.76 bits per heavy atom. The molecule has 0 radical (unpaired) electrons. The van der Waals surface area contributed by atoms with Crippen molar-refractivity contribution < 1.29 is 9.59 Å². The molecule has 0 spiro atoms. The fourth-order valence-corrected chi connectivity index (χ4v) is 3.95. The van der Waals surface area contributed by atoms with Crippen LogP contribution >= 0.6 is 0 Å². The van der Waals surface area contributed by atoms with Crippen LogP contribution in [0.15, 0.2) is 36.4 Å². The Morgan fingerprint density at radius 2 is 1.28 bits per heavy atom. The van der Waals surface area contributed by atoms with E-state index in [0.717, 1.165) is 28.9 Å². The van der Waals surface area contributed by atoms with Crippen molar-refractivity contribution in [2.75, 3.05) is 23.9 Å². The Balaban J connectivity index is 0.00000117. The number of amides is 2. The van der Waals surface area contributed by atoms with E-state index in [0.29, 0.717) is 17.1 Å². The van der Waals surface area contributed by atoms with E-state index in [1.165, 1.54) is 11.1 Å². The summed E-state index contributed by atoms with van der Waals surface area (Å²) in [7, 11) is 3.56. The van der Waals surface area contributed by atoms with Gasteiger partial charge in [-0.25, -0.2) is 0 Å². The first kappa shape index (κ1) is 20.8. The number of benzene rings is 2. The minimum absolute atomic E-state index is 0.115. The topological polar surface area (TPSA) is 40.6 Å². The molecule has 2 amide bonds. The van der Waals surface area contributed by atoms with Gasteiger partial charge in [0.25, 0.3) is 11.8 Å². The van der Waals surface area contributed by atoms with Crippen LogP contribution in [0.4, 0.5) is 11.4 Å². The molecule has 4 nitrogen and oxygen atoms in total. The number of likely N-dealkylation sites (N-methyl/N-ethyl adjacent to an activating group) is 2. The molecule has 2 aromatic carbocycles. The van der Waals surface area contributed by atoms with Crippen molar-refractivity contribution in [3.05, 3.63) is 58.7 Å². The zero-order chi connectivity index (χ0) is 21.5. The quantitative estimate of drug-likeness (QED) is 0.656. The van der Waals surface area contributed by atoms with Gasteiger partial charge in [0, 0.05) is 25.2 Å². The predicted molar refractivity (Wildman–Crippen MR) is 121 cm³/mol. The molecule has 0 fully saturated rings. The van der Waals surface area contributed by atoms with Crippen molar-refractivity contribution in [1.82, 2.24) is 0 Å². The maximum absolute atomic E-state index is 13.1. The highest BCUT2D eigenvalue weighted by Crippen LogP contribution is 2.46. The van der Waals surface area contributed by atoms with Gasteiger partial charge in [0.05, 0.1) is 22.5 Å². The highest BCUT2D eigenvalue weighted by atomic mass is 16.2. The van der Waals surface area contributed by atoms with E-state index in [1.54, 1.807) is 23.9 Å². The predicted octanol–water partition coefficient (Wildman–Crippen LogP) is 5.26. The average molecular weight is 391 g/mol. The van der Waals surface area contributed by atoms with Crippen LogP contribution in [0.2, 0.25) is 0 Å². The lowest BCUT2D eigenvalue weighted by Crippen LogP contribution is -2.24. The zero-order valence-corrected chi connectivity index (χ0v) is 18.5. The summed E-state index contributed by atoms with van der Waals surface area (Å²) in [5.74, 6) is 0.147. The molecule has 2 aromatic rings. The standard InChI is InChI=1S/C23H24N2O2.C2H6/c1-6-14-7-9-16-18(11-14)24(4)22(26)20(16)21-17-10-8-15(13(2)3)12-19(17)25(5)23(21)27;1-2/h7-13H,6H2,1-5H3;1-2H3/b21-20+;. The normalized spacial score (nSPS) is 17.5. The summed E-state index contributed by atoms with van der Waals surface area (Å²) in [5, 5.41) is 0. The number of hydrogen-bond acceptors (Lipinski definition) is 2. The lowest BCUT2D eigenvalue weighted by molar-refractivity contribution is -0.114. The number of aryl methyl sites for hydroxylation is 1. The Kier molecular flexibility index (Phi) is 5.65. The number of rotatable bonds is 2. The summed E-state index contributed by atoms with van der Waals surface area (Å²) in [5.41, 5.74) is 6.84. The Hall–Kier alpha value is -2.88. The lowest BCUT2D eigenvalue weighted by Gasteiger charge is -2.12. The van der Waals surface area contributed by atoms with Gasteiger partial charge in [0.1, 0.15) is 0 Å². The highest BCUT2D eigenvalue weighted by molar-refractivity contribution is 6.49. The van der Waals surface area contributed by atoms with Gasteiger partial charge in [-0.1, -0.05) is 58.9 Å². The smallest absolute Gasteiger partial charge is 0.259 e. The molecular formula is C25H30N2O2. The van der Waals surface area contributed by atoms with Crippen molar-refractivity contribution in [3.63, 3.8) is 0 Å². The van der Waals surface area contributed by atoms with Gasteiger partial charge in [-0.05, 0) is 35.6 Å². The third-order valence-corrected chi connectivity index (χ3v) is 5.71. The molecule has 2 aliphatic rings. The third-order valence-electron chi connectivity index (χ3n) is 5.71. The van der Waals surface area contributed by atoms with Crippen molar-refractivity contribution in [2.24, 2.45) is 0 Å². The van der Waals surface area contributed by atoms with E-state index in [-0.39, 0.29) is 11.8 Å². The summed E-state index contributed by atoms with van der Waals surface area (Å²) in [6.07, 6.45) is 0.906. The van der Waals surface area contributed by atoms with E-state index in [9.17, 15) is 9.59 Å². The minimum Gasteiger partial charge on any atom is -0.311 e. The molecule has 4 rings (SSSR count). The van der Waals surface area contributed by atoms with Crippen molar-refractivity contribution >= 4 is 34.3 Å². The second-order valence-corrected chi connectivity index (χ2v) is 7.61. The van der Waals surface area contributed by atoms with Crippen LogP contribution in [0, 0.1) is 0 Å². The van der Waals surface area contributed by atoms with Gasteiger partial charge in [-0.15, -0.1) is 0 Å². The lowest BCUT2D eigenvalue weighted by atomic mass is 9.93. The summed E-state index contributed by atoms with van der Waals surface area (Å²) >= 11 is 0. The van der Waals surface area contributed by atoms with Crippen LogP contribution in [0.1, 0.15) is 62.8 Å². The van der Waals surface area contributed by atoms with E-state index >= 15 is 0 Å². The minimum atomic E-state index is -0.116. The summed E-state index contributed by atoms with van der Waals surface area (Å²) < 4.78 is 0. The molecule has 2 aliphatic heterocycles. The second-order valence-electron chi connectivity index (χ2n) is 7.61. The van der Waals surface area contributed by atoms with Crippen molar-refractivity contribution in [1.29, 1.82) is 0 Å². The van der Waals surface area contributed by atoms with E-state index in [4.69, 9.17) is 0 Å². The van der Waals surface area contributed by atoms with Crippen LogP contribution in [-0.4, -0.2) is 25.9 Å². The molecule has 4 heteroatoms. The van der Waals surface area contributed by atoms with Crippen LogP contribution in [0.3, 0.4) is 0 Å². The molecule has 0 aromatic heterocycles. The summed E-state index contributed by atoms with van der Waals surface area (Å²) in [6.45, 7) is 10.4. The summed E-state index contributed by atoms with van der Waals surface area (Å²) in [4.78, 5) is 29.5. The Morgan fingerprint density at radius 1 is 0.793 bits per heavy atom. The number of carbonyl (C=O) groups excluding carboxylic acids is 2. The van der Waals surface area contributed by atoms with Crippen LogP contribution in [0.25, 0.3) is 11.1 Å². The molecule has 29 heavy (non-hydrogen) atoms. The van der Waals surface area contributed by atoms with Crippen molar-refractivity contribution in [2.45, 2.75) is 47.0 Å². The first-order valence-electron chi connectivity index (χ1n) is 10.4. The zero-order valence-electron chi connectivity index (χ0n) is 18.5. The molecular weight excluding hydrogens is 360 g/mol. The van der Waals surface area contributed by atoms with Gasteiger partial charge in [-0.3, -0.25) is 9.59 Å². The van der Waals surface area contributed by atoms with Gasteiger partial charge in [-0.2, -0.15) is 0 Å². The first-order chi connectivity index (χ1) is 13.8. The second kappa shape index (κ2) is 7.86. The fraction of sp³-hybridized carbons (Fsp3) is 0.360. The largest absolute Gasteiger partial charge is 0.311 e. The highest BCUT2D eigenvalue weighted by Gasteiger charge is 2.40. The molecule has 2 heterocycles. The molecule has 0 atom stereocenters. The average Bonchev–Trinajstić information content (AvgIpc) is 3.13. The molecule has 0 bridgehead atoms. The number of fused-ring (bicyclic) bond motifs is 2. The number of nitrogens with zero attached hydrogens (tertiary/aromatic N) is 2. The summed E-state index contributed by atoms with van der Waals surface area (Å²) in [6, 6.07) is 12.2. The Labute approximate surface area is 173 Å². The van der Waals surface area contributed by atoms with Gasteiger partial charge < -0.3 is 9.80 Å². The van der Waals surface area contributed by atoms with Gasteiger partial charge in [0.2, 0.25) is 0 Å². The van der Waals surface area contributed by atoms with Crippen LogP contribution in [0.5, 0.6) is 0 Å². The third kappa shape index (κ3) is 3.17. The SMILES string of the molecule is CC.CCc1ccc2c(c1)N(C)C(=O)/C2=C1/C(=O)N(C)c2cc(C(C)C)ccc21. The maximum atomic E-state index is 13.1. The maximum Gasteiger partial charge on any atom is 0.259 e. The van der Waals surface area contributed by atoms with E-state index in [2.05, 4.69) is 32.9 Å². The Bertz CT molecular complexity index is 1020. The molecule has 0 saturated heterocycles. The molecule has 0 N–H and O–H groups in total. The first-order valence-corrected chi connectivity index (χ1v) is 10.4. The van der Waals surface area contributed by atoms with E-state index in [1.807, 2.05) is 38.1 Å². The molecule has 0 aliphatic carbocycles. The fourth-order valence-electron chi connectivity index (χ4n) is 3.95. The number of carbonyl (C=O) groups is 2. The van der Waals surface area contributed by atoms with Gasteiger partial charge >= 0.3 is 0 Å². The van der Waals surface area contributed by atoms with Crippen LogP contribution < -0.4 is 9.80 Å². The number of hydrogen-bond donors (Lipinski definition) is 0. The monoisotopic (exact) mass is 390 g/mol. The molecule has 0 saturated carbocycles. The number of anilines is 2. The van der Waals surface area contributed by atoms with Gasteiger partial charge in [0.15, 0.2) is 0 Å².